The minimum atomic E-state index is -0.571. The lowest BCUT2D eigenvalue weighted by Crippen LogP contribution is -2.18. The summed E-state index contributed by atoms with van der Waals surface area (Å²) in [5, 5.41) is 3.78. The minimum absolute atomic E-state index is 0.0502. The van der Waals surface area contributed by atoms with Gasteiger partial charge in [0.05, 0.1) is 12.8 Å². The van der Waals surface area contributed by atoms with E-state index in [1.807, 2.05) is 6.92 Å². The highest BCUT2D eigenvalue weighted by atomic mass is 16.5. The maximum atomic E-state index is 11.0. The van der Waals surface area contributed by atoms with E-state index in [-0.39, 0.29) is 5.41 Å². The molecule has 6 heteroatoms. The molecule has 0 fully saturated rings. The van der Waals surface area contributed by atoms with Gasteiger partial charge in [-0.3, -0.25) is 0 Å². The van der Waals surface area contributed by atoms with Crippen molar-refractivity contribution in [1.82, 2.24) is 15.4 Å². The summed E-state index contributed by atoms with van der Waals surface area (Å²) in [6.07, 6.45) is 0.927. The normalized spacial score (nSPS) is 11.8. The predicted octanol–water partition coefficient (Wildman–Crippen LogP) is 2.10. The van der Waals surface area contributed by atoms with Crippen molar-refractivity contribution in [1.29, 1.82) is 0 Å². The summed E-state index contributed by atoms with van der Waals surface area (Å²) in [4.78, 5) is 18.6. The molecule has 0 unspecified atom stereocenters. The third kappa shape index (κ3) is 3.87. The standard InChI is InChI=1S/C12H20N4O2/c1-6-18-11(17)16-13-7-9-8(2)14-10(15-9)12(3,4)5/h7H,6H2,1-5H3,(H,14,15)(H,16,17). The first-order chi connectivity index (χ1) is 8.34. The molecule has 1 heterocycles. The van der Waals surface area contributed by atoms with E-state index in [1.165, 1.54) is 6.21 Å². The first-order valence-electron chi connectivity index (χ1n) is 5.87. The number of hydrogen-bond donors (Lipinski definition) is 2. The molecule has 2 N–H and O–H groups in total. The van der Waals surface area contributed by atoms with E-state index in [0.29, 0.717) is 12.3 Å². The van der Waals surface area contributed by atoms with Crippen molar-refractivity contribution < 1.29 is 9.53 Å². The molecule has 0 bridgehead atoms. The number of aryl methyl sites for hydroxylation is 1. The van der Waals surface area contributed by atoms with Crippen LogP contribution in [0.5, 0.6) is 0 Å². The van der Waals surface area contributed by atoms with Crippen LogP contribution in [0.15, 0.2) is 5.10 Å². The summed E-state index contributed by atoms with van der Waals surface area (Å²) in [6.45, 7) is 10.2. The van der Waals surface area contributed by atoms with Crippen LogP contribution < -0.4 is 5.43 Å². The molecule has 0 radical (unpaired) electrons. The summed E-state index contributed by atoms with van der Waals surface area (Å²) >= 11 is 0. The second kappa shape index (κ2) is 5.66. The fraction of sp³-hybridized carbons (Fsp3) is 0.583. The van der Waals surface area contributed by atoms with Crippen molar-refractivity contribution in [2.75, 3.05) is 6.61 Å². The van der Waals surface area contributed by atoms with E-state index in [9.17, 15) is 4.79 Å². The zero-order valence-electron chi connectivity index (χ0n) is 11.5. The van der Waals surface area contributed by atoms with Crippen LogP contribution in [0.3, 0.4) is 0 Å². The molecule has 18 heavy (non-hydrogen) atoms. The molecule has 1 aromatic rings. The second-order valence-electron chi connectivity index (χ2n) is 4.94. The molecule has 0 saturated heterocycles. The number of aromatic nitrogens is 2. The van der Waals surface area contributed by atoms with Crippen molar-refractivity contribution in [3.05, 3.63) is 17.2 Å². The van der Waals surface area contributed by atoms with Gasteiger partial charge in [-0.2, -0.15) is 5.10 Å². The second-order valence-corrected chi connectivity index (χ2v) is 4.94. The first kappa shape index (κ1) is 14.2. The van der Waals surface area contributed by atoms with Crippen LogP contribution in [0.25, 0.3) is 0 Å². The highest BCUT2D eigenvalue weighted by Crippen LogP contribution is 2.19. The molecule has 1 aromatic heterocycles. The number of rotatable bonds is 3. The van der Waals surface area contributed by atoms with Gasteiger partial charge in [0.2, 0.25) is 0 Å². The number of H-pyrrole nitrogens is 1. The molecule has 1 rings (SSSR count). The number of carbonyl (C=O) groups excluding carboxylic acids is 1. The van der Waals surface area contributed by atoms with Crippen molar-refractivity contribution in [3.63, 3.8) is 0 Å². The van der Waals surface area contributed by atoms with Crippen LogP contribution in [0, 0.1) is 6.92 Å². The number of hydrogen-bond acceptors (Lipinski definition) is 4. The van der Waals surface area contributed by atoms with E-state index < -0.39 is 6.09 Å². The van der Waals surface area contributed by atoms with Crippen molar-refractivity contribution in [3.8, 4) is 0 Å². The molecular formula is C12H20N4O2. The van der Waals surface area contributed by atoms with Gasteiger partial charge in [-0.05, 0) is 13.8 Å². The maximum Gasteiger partial charge on any atom is 0.427 e. The fourth-order valence-electron chi connectivity index (χ4n) is 1.26. The SMILES string of the molecule is CCOC(=O)NN=Cc1nc(C(C)(C)C)[nH]c1C. The van der Waals surface area contributed by atoms with Crippen molar-refractivity contribution in [2.24, 2.45) is 5.10 Å². The Morgan fingerprint density at radius 2 is 2.22 bits per heavy atom. The number of ether oxygens (including phenoxy) is 1. The Kier molecular flexibility index (Phi) is 4.47. The van der Waals surface area contributed by atoms with E-state index in [4.69, 9.17) is 0 Å². The van der Waals surface area contributed by atoms with Gasteiger partial charge in [0.15, 0.2) is 0 Å². The van der Waals surface area contributed by atoms with Crippen LogP contribution >= 0.6 is 0 Å². The molecule has 0 spiro atoms. The Morgan fingerprint density at radius 1 is 1.56 bits per heavy atom. The lowest BCUT2D eigenvalue weighted by Gasteiger charge is -2.13. The van der Waals surface area contributed by atoms with Crippen LogP contribution in [-0.4, -0.2) is 28.9 Å². The first-order valence-corrected chi connectivity index (χ1v) is 5.87. The Bertz CT molecular complexity index is 443. The van der Waals surface area contributed by atoms with Gasteiger partial charge < -0.3 is 9.72 Å². The van der Waals surface area contributed by atoms with Gasteiger partial charge in [-0.15, -0.1) is 0 Å². The topological polar surface area (TPSA) is 79.4 Å². The molecule has 0 atom stereocenters. The maximum absolute atomic E-state index is 11.0. The highest BCUT2D eigenvalue weighted by molar-refractivity contribution is 5.80. The molecule has 0 aliphatic carbocycles. The zero-order valence-corrected chi connectivity index (χ0v) is 11.5. The van der Waals surface area contributed by atoms with Gasteiger partial charge in [0, 0.05) is 11.1 Å². The third-order valence-corrected chi connectivity index (χ3v) is 2.25. The van der Waals surface area contributed by atoms with Crippen molar-refractivity contribution in [2.45, 2.75) is 40.0 Å². The van der Waals surface area contributed by atoms with Gasteiger partial charge in [0.25, 0.3) is 0 Å². The average molecular weight is 252 g/mol. The quantitative estimate of drug-likeness (QED) is 0.638. The summed E-state index contributed by atoms with van der Waals surface area (Å²) in [6, 6.07) is 0. The smallest absolute Gasteiger partial charge is 0.427 e. The summed E-state index contributed by atoms with van der Waals surface area (Å²) < 4.78 is 4.68. The number of imidazole rings is 1. The molecule has 6 nitrogen and oxygen atoms in total. The van der Waals surface area contributed by atoms with Gasteiger partial charge in [-0.1, -0.05) is 20.8 Å². The Labute approximate surface area is 107 Å². The Hall–Kier alpha value is -1.85. The monoisotopic (exact) mass is 252 g/mol. The molecule has 0 aromatic carbocycles. The van der Waals surface area contributed by atoms with Gasteiger partial charge >= 0.3 is 6.09 Å². The number of nitrogens with zero attached hydrogens (tertiary/aromatic N) is 2. The number of aromatic amines is 1. The van der Waals surface area contributed by atoms with Crippen molar-refractivity contribution >= 4 is 12.3 Å². The van der Waals surface area contributed by atoms with Gasteiger partial charge in [0.1, 0.15) is 11.5 Å². The Morgan fingerprint density at radius 3 is 2.72 bits per heavy atom. The Balaban J connectivity index is 2.71. The molecular weight excluding hydrogens is 232 g/mol. The van der Waals surface area contributed by atoms with E-state index in [2.05, 4.69) is 46.0 Å². The highest BCUT2D eigenvalue weighted by Gasteiger charge is 2.18. The van der Waals surface area contributed by atoms with Crippen LogP contribution in [0.4, 0.5) is 4.79 Å². The molecule has 0 saturated carbocycles. The summed E-state index contributed by atoms with van der Waals surface area (Å²) in [7, 11) is 0. The zero-order chi connectivity index (χ0) is 13.8. The minimum Gasteiger partial charge on any atom is -0.449 e. The number of nitrogens with one attached hydrogen (secondary N) is 2. The van der Waals surface area contributed by atoms with E-state index in [1.54, 1.807) is 6.92 Å². The molecule has 0 aliphatic rings. The lowest BCUT2D eigenvalue weighted by atomic mass is 9.96. The van der Waals surface area contributed by atoms with E-state index >= 15 is 0 Å². The fourth-order valence-corrected chi connectivity index (χ4v) is 1.26. The largest absolute Gasteiger partial charge is 0.449 e. The predicted molar refractivity (Wildman–Crippen MR) is 69.8 cm³/mol. The van der Waals surface area contributed by atoms with Crippen LogP contribution in [-0.2, 0) is 10.2 Å². The van der Waals surface area contributed by atoms with E-state index in [0.717, 1.165) is 11.5 Å². The summed E-state index contributed by atoms with van der Waals surface area (Å²) in [5.41, 5.74) is 3.83. The van der Waals surface area contributed by atoms with Gasteiger partial charge in [-0.25, -0.2) is 15.2 Å². The number of carbonyl (C=O) groups is 1. The number of amides is 1. The van der Waals surface area contributed by atoms with Crippen LogP contribution in [0.1, 0.15) is 44.9 Å². The molecule has 1 amide bonds. The average Bonchev–Trinajstić information content (AvgIpc) is 2.60. The van der Waals surface area contributed by atoms with Crippen LogP contribution in [0.2, 0.25) is 0 Å². The summed E-state index contributed by atoms with van der Waals surface area (Å²) in [5.74, 6) is 0.887. The number of hydrazone groups is 1. The molecule has 100 valence electrons. The third-order valence-electron chi connectivity index (χ3n) is 2.25. The lowest BCUT2D eigenvalue weighted by molar-refractivity contribution is 0.152. The molecule has 0 aliphatic heterocycles.